The largest absolute Gasteiger partial charge is 0.399 e. The first kappa shape index (κ1) is 23.6. The van der Waals surface area contributed by atoms with E-state index in [4.69, 9.17) is 9.57 Å². The first-order chi connectivity index (χ1) is 15.5. The van der Waals surface area contributed by atoms with Gasteiger partial charge in [-0.1, -0.05) is 32.9 Å². The zero-order chi connectivity index (χ0) is 23.9. The number of nitrogens with zero attached hydrogens (tertiary/aromatic N) is 1. The fourth-order valence-corrected chi connectivity index (χ4v) is 9.11. The Hall–Kier alpha value is -1.18. The number of hydrogen-bond donors (Lipinski definition) is 3. The second-order valence-corrected chi connectivity index (χ2v) is 12.5. The summed E-state index contributed by atoms with van der Waals surface area (Å²) in [5, 5.41) is 22.5. The minimum absolute atomic E-state index is 0.0578. The number of nitrogens with one attached hydrogen (secondary N) is 2. The monoisotopic (exact) mass is 461 g/mol. The summed E-state index contributed by atoms with van der Waals surface area (Å²) < 4.78 is 7.47. The highest BCUT2D eigenvalue weighted by Gasteiger charge is 2.71. The van der Waals surface area contributed by atoms with E-state index in [1.807, 2.05) is 7.05 Å². The van der Waals surface area contributed by atoms with Crippen molar-refractivity contribution in [2.45, 2.75) is 96.6 Å². The van der Waals surface area contributed by atoms with Gasteiger partial charge in [0.05, 0.1) is 29.6 Å². The van der Waals surface area contributed by atoms with E-state index in [9.17, 15) is 9.90 Å². The second kappa shape index (κ2) is 7.66. The summed E-state index contributed by atoms with van der Waals surface area (Å²) in [5.74, 6) is 0.910. The molecular weight excluding hydrogens is 418 g/mol. The molecule has 0 radical (unpaired) electrons. The molecule has 2 aliphatic heterocycles. The van der Waals surface area contributed by atoms with Gasteiger partial charge in [-0.3, -0.25) is 4.79 Å². The third-order valence-electron chi connectivity index (χ3n) is 11.0. The lowest BCUT2D eigenvalue weighted by molar-refractivity contribution is -0.321. The highest BCUT2D eigenvalue weighted by atomic mass is 16.6. The Morgan fingerprint density at radius 2 is 1.94 bits per heavy atom. The van der Waals surface area contributed by atoms with E-state index < -0.39 is 6.10 Å². The highest BCUT2D eigenvalue weighted by molar-refractivity contribution is 5.95. The van der Waals surface area contributed by atoms with E-state index in [1.165, 1.54) is 0 Å². The molecule has 186 valence electrons. The van der Waals surface area contributed by atoms with Crippen molar-refractivity contribution < 1.29 is 19.5 Å². The van der Waals surface area contributed by atoms with Gasteiger partial charge in [-0.25, -0.2) is 0 Å². The SMILES string of the molecule is CNC1CC23OC4C(CC2(C)C(C)CCC3C(C)(C)C1=NOC)C(O)CC1C(=O)NC(C)C14. The van der Waals surface area contributed by atoms with E-state index in [0.29, 0.717) is 18.3 Å². The summed E-state index contributed by atoms with van der Waals surface area (Å²) in [4.78, 5) is 18.0. The molecule has 2 saturated heterocycles. The molecule has 3 saturated carbocycles. The Morgan fingerprint density at radius 3 is 2.61 bits per heavy atom. The number of ether oxygens (including phenoxy) is 1. The molecule has 1 spiro atoms. The summed E-state index contributed by atoms with van der Waals surface area (Å²) >= 11 is 0. The van der Waals surface area contributed by atoms with E-state index in [1.54, 1.807) is 7.11 Å². The number of carbonyl (C=O) groups is 1. The maximum Gasteiger partial charge on any atom is 0.223 e. The number of aliphatic hydroxyl groups excluding tert-OH is 1. The van der Waals surface area contributed by atoms with Crippen LogP contribution in [0.5, 0.6) is 0 Å². The van der Waals surface area contributed by atoms with Gasteiger partial charge in [-0.2, -0.15) is 0 Å². The second-order valence-electron chi connectivity index (χ2n) is 12.5. The van der Waals surface area contributed by atoms with Crippen molar-refractivity contribution in [1.82, 2.24) is 10.6 Å². The normalized spacial score (nSPS) is 54.0. The number of carbonyl (C=O) groups excluding carboxylic acids is 1. The maximum absolute atomic E-state index is 12.7. The van der Waals surface area contributed by atoms with Gasteiger partial charge in [0, 0.05) is 29.2 Å². The topological polar surface area (TPSA) is 92.2 Å². The molecule has 1 amide bonds. The third-order valence-corrected chi connectivity index (χ3v) is 11.0. The molecule has 11 unspecified atom stereocenters. The number of hydrogen-bond acceptors (Lipinski definition) is 6. The Kier molecular flexibility index (Phi) is 5.47. The van der Waals surface area contributed by atoms with Gasteiger partial charge >= 0.3 is 0 Å². The molecule has 11 atom stereocenters. The Bertz CT molecular complexity index is 845. The molecule has 5 rings (SSSR count). The average Bonchev–Trinajstić information content (AvgIpc) is 3.03. The molecule has 7 heteroatoms. The lowest BCUT2D eigenvalue weighted by Crippen LogP contribution is -2.75. The minimum atomic E-state index is -0.489. The minimum Gasteiger partial charge on any atom is -0.399 e. The molecule has 0 aromatic rings. The number of aliphatic hydroxyl groups is 1. The summed E-state index contributed by atoms with van der Waals surface area (Å²) in [6.45, 7) is 11.5. The lowest BCUT2D eigenvalue weighted by atomic mass is 9.41. The molecule has 2 heterocycles. The summed E-state index contributed by atoms with van der Waals surface area (Å²) in [5.41, 5.74) is 0.467. The zero-order valence-electron chi connectivity index (χ0n) is 21.4. The van der Waals surface area contributed by atoms with Crippen molar-refractivity contribution in [1.29, 1.82) is 0 Å². The molecule has 0 aromatic carbocycles. The standard InChI is InChI=1S/C26H43N3O4/c1-13-8-9-19-24(3,4)22(29-32-7)17(27-6)12-26(19)25(13,5)11-16-18(30)10-15-20(21(16)33-26)14(2)28-23(15)31/h13-21,27,30H,8-12H2,1-7H3,(H,28,31). The van der Waals surface area contributed by atoms with Crippen LogP contribution in [-0.2, 0) is 14.4 Å². The number of amides is 1. The molecule has 33 heavy (non-hydrogen) atoms. The van der Waals surface area contributed by atoms with Crippen molar-refractivity contribution in [3.63, 3.8) is 0 Å². The average molecular weight is 462 g/mol. The van der Waals surface area contributed by atoms with Crippen LogP contribution in [0.4, 0.5) is 0 Å². The Labute approximate surface area is 198 Å². The Morgan fingerprint density at radius 1 is 1.21 bits per heavy atom. The van der Waals surface area contributed by atoms with Gasteiger partial charge in [0.2, 0.25) is 5.91 Å². The predicted molar refractivity (Wildman–Crippen MR) is 127 cm³/mol. The predicted octanol–water partition coefficient (Wildman–Crippen LogP) is 2.72. The summed E-state index contributed by atoms with van der Waals surface area (Å²) in [6, 6.07) is 0.132. The van der Waals surface area contributed by atoms with Crippen molar-refractivity contribution in [2.75, 3.05) is 14.2 Å². The maximum atomic E-state index is 12.7. The molecule has 3 N–H and O–H groups in total. The van der Waals surface area contributed by atoms with Crippen molar-refractivity contribution in [3.8, 4) is 0 Å². The van der Waals surface area contributed by atoms with Crippen molar-refractivity contribution in [2.24, 2.45) is 45.6 Å². The van der Waals surface area contributed by atoms with Gasteiger partial charge in [-0.05, 0) is 63.3 Å². The first-order valence-corrected chi connectivity index (χ1v) is 13.0. The Balaban J connectivity index is 1.64. The van der Waals surface area contributed by atoms with Crippen LogP contribution in [0.2, 0.25) is 0 Å². The number of fused-ring (bicyclic) bond motifs is 3. The molecule has 5 fully saturated rings. The molecule has 5 aliphatic rings. The van der Waals surface area contributed by atoms with Crippen LogP contribution in [0, 0.1) is 40.4 Å². The van der Waals surface area contributed by atoms with Crippen LogP contribution in [0.15, 0.2) is 5.16 Å². The molecule has 0 bridgehead atoms. The van der Waals surface area contributed by atoms with E-state index in [2.05, 4.69) is 50.4 Å². The van der Waals surface area contributed by atoms with E-state index in [0.717, 1.165) is 31.4 Å². The van der Waals surface area contributed by atoms with Crippen LogP contribution in [0.3, 0.4) is 0 Å². The van der Waals surface area contributed by atoms with Crippen molar-refractivity contribution in [3.05, 3.63) is 0 Å². The molecule has 7 nitrogen and oxygen atoms in total. The van der Waals surface area contributed by atoms with Crippen LogP contribution < -0.4 is 10.6 Å². The van der Waals surface area contributed by atoms with Crippen LogP contribution in [0.25, 0.3) is 0 Å². The fourth-order valence-electron chi connectivity index (χ4n) is 9.11. The first-order valence-electron chi connectivity index (χ1n) is 13.0. The van der Waals surface area contributed by atoms with Crippen LogP contribution >= 0.6 is 0 Å². The van der Waals surface area contributed by atoms with Crippen molar-refractivity contribution >= 4 is 11.6 Å². The molecular formula is C26H43N3O4. The number of oxime groups is 1. The van der Waals surface area contributed by atoms with Gasteiger partial charge < -0.3 is 25.3 Å². The fraction of sp³-hybridized carbons (Fsp3) is 0.923. The molecule has 3 aliphatic carbocycles. The van der Waals surface area contributed by atoms with Crippen LogP contribution in [0.1, 0.15) is 66.7 Å². The summed E-state index contributed by atoms with van der Waals surface area (Å²) in [6.07, 6.45) is 3.98. The quantitative estimate of drug-likeness (QED) is 0.550. The summed E-state index contributed by atoms with van der Waals surface area (Å²) in [7, 11) is 3.63. The van der Waals surface area contributed by atoms with Gasteiger partial charge in [0.15, 0.2) is 0 Å². The highest BCUT2D eigenvalue weighted by Crippen LogP contribution is 2.68. The van der Waals surface area contributed by atoms with E-state index >= 15 is 0 Å². The third kappa shape index (κ3) is 2.97. The van der Waals surface area contributed by atoms with E-state index in [-0.39, 0.29) is 58.3 Å². The zero-order valence-corrected chi connectivity index (χ0v) is 21.4. The smallest absolute Gasteiger partial charge is 0.223 e. The van der Waals surface area contributed by atoms with Gasteiger partial charge in [0.1, 0.15) is 7.11 Å². The molecule has 0 aromatic heterocycles. The lowest BCUT2D eigenvalue weighted by Gasteiger charge is -2.70. The number of rotatable bonds is 2. The van der Waals surface area contributed by atoms with Crippen LogP contribution in [-0.4, -0.2) is 60.8 Å². The van der Waals surface area contributed by atoms with Gasteiger partial charge in [0.25, 0.3) is 0 Å². The van der Waals surface area contributed by atoms with Gasteiger partial charge in [-0.15, -0.1) is 0 Å².